The molecule has 2 heterocycles. The number of hydrogen-bond donors (Lipinski definition) is 1. The van der Waals surface area contributed by atoms with Crippen molar-refractivity contribution in [2.75, 3.05) is 5.32 Å². The summed E-state index contributed by atoms with van der Waals surface area (Å²) in [7, 11) is 0. The smallest absolute Gasteiger partial charge is 0.227 e. The number of carbonyl (C=O) groups excluding carboxylic acids is 1. The molecule has 6 nitrogen and oxygen atoms in total. The Hall–Kier alpha value is -2.63. The molecule has 0 atom stereocenters. The average Bonchev–Trinajstić information content (AvgIpc) is 3.19. The normalized spacial score (nSPS) is 12.1. The molecule has 1 amide bonds. The molecule has 0 bridgehead atoms. The van der Waals surface area contributed by atoms with Crippen molar-refractivity contribution < 1.29 is 9.32 Å². The fraction of sp³-hybridized carbons (Fsp3) is 0.476. The zero-order valence-corrected chi connectivity index (χ0v) is 16.7. The second-order valence-corrected chi connectivity index (χ2v) is 8.45. The molecule has 3 rings (SSSR count). The van der Waals surface area contributed by atoms with Crippen molar-refractivity contribution in [3.05, 3.63) is 42.2 Å². The van der Waals surface area contributed by atoms with Gasteiger partial charge in [-0.25, -0.2) is 0 Å². The van der Waals surface area contributed by atoms with E-state index in [1.54, 1.807) is 0 Å². The lowest BCUT2D eigenvalue weighted by Gasteiger charge is -2.10. The predicted molar refractivity (Wildman–Crippen MR) is 107 cm³/mol. The van der Waals surface area contributed by atoms with Crippen LogP contribution < -0.4 is 5.32 Å². The Morgan fingerprint density at radius 1 is 1.26 bits per heavy atom. The summed E-state index contributed by atoms with van der Waals surface area (Å²) in [6.07, 6.45) is 2.83. The number of nitrogens with zero attached hydrogens (tertiary/aromatic N) is 3. The minimum absolute atomic E-state index is 0.0635. The molecule has 144 valence electrons. The van der Waals surface area contributed by atoms with Gasteiger partial charge in [-0.15, -0.1) is 0 Å². The number of amides is 1. The zero-order valence-electron chi connectivity index (χ0n) is 16.7. The lowest BCUT2D eigenvalue weighted by atomic mass is 9.96. The SMILES string of the molecule is CC(C)Cn1ccc2cc(NC(=O)CCc3nc(C(C)(C)C)no3)ccc21. The predicted octanol–water partition coefficient (Wildman–Crippen LogP) is 4.55. The van der Waals surface area contributed by atoms with Crippen LogP contribution in [-0.2, 0) is 23.2 Å². The van der Waals surface area contributed by atoms with E-state index in [1.165, 1.54) is 5.52 Å². The molecular formula is C21H28N4O2. The van der Waals surface area contributed by atoms with Gasteiger partial charge in [0.25, 0.3) is 0 Å². The Bertz CT molecular complexity index is 931. The van der Waals surface area contributed by atoms with Crippen LogP contribution in [0.3, 0.4) is 0 Å². The molecule has 1 N–H and O–H groups in total. The summed E-state index contributed by atoms with van der Waals surface area (Å²) in [5.74, 6) is 1.68. The number of rotatable bonds is 6. The minimum Gasteiger partial charge on any atom is -0.347 e. The van der Waals surface area contributed by atoms with Crippen LogP contribution in [0.2, 0.25) is 0 Å². The minimum atomic E-state index is -0.161. The van der Waals surface area contributed by atoms with Gasteiger partial charge in [-0.1, -0.05) is 39.8 Å². The fourth-order valence-electron chi connectivity index (χ4n) is 2.94. The van der Waals surface area contributed by atoms with E-state index in [9.17, 15) is 4.79 Å². The fourth-order valence-corrected chi connectivity index (χ4v) is 2.94. The topological polar surface area (TPSA) is 73.0 Å². The van der Waals surface area contributed by atoms with E-state index >= 15 is 0 Å². The van der Waals surface area contributed by atoms with Crippen molar-refractivity contribution in [1.29, 1.82) is 0 Å². The molecule has 0 saturated carbocycles. The van der Waals surface area contributed by atoms with E-state index in [0.29, 0.717) is 30.5 Å². The van der Waals surface area contributed by atoms with E-state index in [4.69, 9.17) is 4.52 Å². The highest BCUT2D eigenvalue weighted by molar-refractivity contribution is 5.94. The standard InChI is InChI=1S/C21H28N4O2/c1-14(2)13-25-11-10-15-12-16(6-7-17(15)25)22-18(26)8-9-19-23-20(24-27-19)21(3,4)5/h6-7,10-12,14H,8-9,13H2,1-5H3,(H,22,26). The summed E-state index contributed by atoms with van der Waals surface area (Å²) < 4.78 is 7.48. The van der Waals surface area contributed by atoms with Crippen molar-refractivity contribution in [1.82, 2.24) is 14.7 Å². The quantitative estimate of drug-likeness (QED) is 0.693. The Morgan fingerprint density at radius 3 is 2.70 bits per heavy atom. The molecule has 6 heteroatoms. The van der Waals surface area contributed by atoms with Crippen LogP contribution in [0.4, 0.5) is 5.69 Å². The number of nitrogens with one attached hydrogen (secondary N) is 1. The number of aromatic nitrogens is 3. The summed E-state index contributed by atoms with van der Waals surface area (Å²) in [5.41, 5.74) is 1.82. The molecule has 0 aliphatic heterocycles. The van der Waals surface area contributed by atoms with Gasteiger partial charge in [-0.2, -0.15) is 4.98 Å². The lowest BCUT2D eigenvalue weighted by molar-refractivity contribution is -0.116. The maximum atomic E-state index is 12.3. The van der Waals surface area contributed by atoms with Crippen LogP contribution in [-0.4, -0.2) is 20.6 Å². The van der Waals surface area contributed by atoms with Crippen molar-refractivity contribution in [3.63, 3.8) is 0 Å². The van der Waals surface area contributed by atoms with E-state index in [-0.39, 0.29) is 11.3 Å². The molecule has 0 fully saturated rings. The molecule has 27 heavy (non-hydrogen) atoms. The van der Waals surface area contributed by atoms with Gasteiger partial charge in [0.2, 0.25) is 11.8 Å². The first-order valence-corrected chi connectivity index (χ1v) is 9.44. The Kier molecular flexibility index (Phi) is 5.35. The first-order chi connectivity index (χ1) is 12.7. The second kappa shape index (κ2) is 7.55. The summed E-state index contributed by atoms with van der Waals surface area (Å²) in [6.45, 7) is 11.5. The van der Waals surface area contributed by atoms with E-state index in [2.05, 4.69) is 52.2 Å². The van der Waals surface area contributed by atoms with Gasteiger partial charge >= 0.3 is 0 Å². The molecule has 1 aromatic carbocycles. The third-order valence-corrected chi connectivity index (χ3v) is 4.32. The highest BCUT2D eigenvalue weighted by atomic mass is 16.5. The van der Waals surface area contributed by atoms with E-state index < -0.39 is 0 Å². The molecule has 0 spiro atoms. The number of benzene rings is 1. The van der Waals surface area contributed by atoms with Crippen LogP contribution in [0.5, 0.6) is 0 Å². The molecule has 0 saturated heterocycles. The number of fused-ring (bicyclic) bond motifs is 1. The van der Waals surface area contributed by atoms with Crippen LogP contribution in [0.15, 0.2) is 35.0 Å². The van der Waals surface area contributed by atoms with Gasteiger partial charge in [-0.05, 0) is 30.2 Å². The molecule has 2 aromatic heterocycles. The van der Waals surface area contributed by atoms with Crippen LogP contribution in [0.1, 0.15) is 52.8 Å². The second-order valence-electron chi connectivity index (χ2n) is 8.45. The lowest BCUT2D eigenvalue weighted by Crippen LogP contribution is -2.14. The maximum absolute atomic E-state index is 12.3. The van der Waals surface area contributed by atoms with E-state index in [1.807, 2.05) is 32.9 Å². The highest BCUT2D eigenvalue weighted by Gasteiger charge is 2.21. The van der Waals surface area contributed by atoms with Gasteiger partial charge in [0.1, 0.15) is 0 Å². The third-order valence-electron chi connectivity index (χ3n) is 4.32. The molecular weight excluding hydrogens is 340 g/mol. The molecule has 0 radical (unpaired) electrons. The van der Waals surface area contributed by atoms with Crippen molar-refractivity contribution in [3.8, 4) is 0 Å². The summed E-state index contributed by atoms with van der Waals surface area (Å²) >= 11 is 0. The summed E-state index contributed by atoms with van der Waals surface area (Å²) in [4.78, 5) is 16.6. The van der Waals surface area contributed by atoms with Gasteiger partial charge in [-0.3, -0.25) is 4.79 Å². The Labute approximate surface area is 160 Å². The molecule has 0 unspecified atom stereocenters. The number of hydrogen-bond acceptors (Lipinski definition) is 4. The van der Waals surface area contributed by atoms with Gasteiger partial charge in [0, 0.05) is 47.6 Å². The van der Waals surface area contributed by atoms with Gasteiger partial charge in [0.05, 0.1) is 0 Å². The Balaban J connectivity index is 1.60. The Morgan fingerprint density at radius 2 is 2.04 bits per heavy atom. The largest absolute Gasteiger partial charge is 0.347 e. The monoisotopic (exact) mass is 368 g/mol. The number of aryl methyl sites for hydroxylation is 1. The maximum Gasteiger partial charge on any atom is 0.227 e. The van der Waals surface area contributed by atoms with E-state index in [0.717, 1.165) is 17.6 Å². The van der Waals surface area contributed by atoms with Gasteiger partial charge in [0.15, 0.2) is 5.82 Å². The summed E-state index contributed by atoms with van der Waals surface area (Å²) in [5, 5.41) is 8.06. The van der Waals surface area contributed by atoms with Crippen LogP contribution >= 0.6 is 0 Å². The summed E-state index contributed by atoms with van der Waals surface area (Å²) in [6, 6.07) is 8.09. The number of anilines is 1. The number of carbonyl (C=O) groups is 1. The van der Waals surface area contributed by atoms with Crippen molar-refractivity contribution in [2.24, 2.45) is 5.92 Å². The van der Waals surface area contributed by atoms with Crippen molar-refractivity contribution in [2.45, 2.75) is 59.4 Å². The highest BCUT2D eigenvalue weighted by Crippen LogP contribution is 2.22. The third kappa shape index (κ3) is 4.76. The first kappa shape index (κ1) is 19.1. The van der Waals surface area contributed by atoms with Crippen LogP contribution in [0.25, 0.3) is 10.9 Å². The van der Waals surface area contributed by atoms with Crippen molar-refractivity contribution >= 4 is 22.5 Å². The zero-order chi connectivity index (χ0) is 19.6. The van der Waals surface area contributed by atoms with Crippen LogP contribution in [0, 0.1) is 5.92 Å². The molecule has 3 aromatic rings. The van der Waals surface area contributed by atoms with Gasteiger partial charge < -0.3 is 14.4 Å². The first-order valence-electron chi connectivity index (χ1n) is 9.44. The molecule has 0 aliphatic carbocycles. The average molecular weight is 368 g/mol. The molecule has 0 aliphatic rings.